The molecule has 6 heteroatoms. The lowest BCUT2D eigenvalue weighted by molar-refractivity contribution is 0.0745. The molecule has 1 aromatic heterocycles. The third-order valence-corrected chi connectivity index (χ3v) is 4.89. The molecular weight excluding hydrogens is 255 g/mol. The largest absolute Gasteiger partial charge is 0.336 e. The van der Waals surface area contributed by atoms with Crippen molar-refractivity contribution in [2.45, 2.75) is 18.6 Å². The molecule has 98 valence electrons. The van der Waals surface area contributed by atoms with Crippen molar-refractivity contribution in [1.29, 1.82) is 0 Å². The van der Waals surface area contributed by atoms with Gasteiger partial charge in [-0.25, -0.2) is 4.39 Å². The van der Waals surface area contributed by atoms with Gasteiger partial charge in [-0.05, 0) is 19.9 Å². The standard InChI is InChI=1S/C12H15FN2O2S/c1-12(2)8-15(3-4-18(12)17)11(16)9-5-10(13)7-14-6-9/h5-7H,3-4,8H2,1-2H3/t18-/m0/s1. The second-order valence-electron chi connectivity index (χ2n) is 4.93. The summed E-state index contributed by atoms with van der Waals surface area (Å²) in [5.74, 6) is -0.325. The van der Waals surface area contributed by atoms with E-state index >= 15 is 0 Å². The van der Waals surface area contributed by atoms with Crippen molar-refractivity contribution in [2.24, 2.45) is 0 Å². The zero-order valence-electron chi connectivity index (χ0n) is 10.4. The van der Waals surface area contributed by atoms with Crippen LogP contribution < -0.4 is 0 Å². The van der Waals surface area contributed by atoms with Crippen LogP contribution in [0.1, 0.15) is 24.2 Å². The van der Waals surface area contributed by atoms with Crippen molar-refractivity contribution in [3.05, 3.63) is 29.8 Å². The molecule has 0 aliphatic carbocycles. The van der Waals surface area contributed by atoms with Crippen LogP contribution in [0.15, 0.2) is 18.5 Å². The lowest BCUT2D eigenvalue weighted by Crippen LogP contribution is -2.52. The van der Waals surface area contributed by atoms with Gasteiger partial charge in [0.2, 0.25) is 0 Å². The smallest absolute Gasteiger partial charge is 0.255 e. The molecule has 0 saturated carbocycles. The maximum absolute atomic E-state index is 13.0. The van der Waals surface area contributed by atoms with Crippen LogP contribution in [0.4, 0.5) is 4.39 Å². The minimum atomic E-state index is -0.932. The topological polar surface area (TPSA) is 50.3 Å². The Balaban J connectivity index is 2.18. The van der Waals surface area contributed by atoms with E-state index in [2.05, 4.69) is 4.98 Å². The maximum Gasteiger partial charge on any atom is 0.255 e. The van der Waals surface area contributed by atoms with Gasteiger partial charge in [0, 0.05) is 35.8 Å². The summed E-state index contributed by atoms with van der Waals surface area (Å²) in [6.45, 7) is 4.58. The summed E-state index contributed by atoms with van der Waals surface area (Å²) < 4.78 is 24.4. The molecule has 1 amide bonds. The summed E-state index contributed by atoms with van der Waals surface area (Å²) in [4.78, 5) is 17.4. The normalized spacial score (nSPS) is 22.8. The minimum absolute atomic E-state index is 0.235. The van der Waals surface area contributed by atoms with E-state index in [-0.39, 0.29) is 11.5 Å². The second kappa shape index (κ2) is 4.76. The van der Waals surface area contributed by atoms with Crippen LogP contribution in [-0.2, 0) is 10.8 Å². The Morgan fingerprint density at radius 3 is 2.83 bits per heavy atom. The van der Waals surface area contributed by atoms with Crippen molar-refractivity contribution >= 4 is 16.7 Å². The van der Waals surface area contributed by atoms with Crippen molar-refractivity contribution in [2.75, 3.05) is 18.8 Å². The van der Waals surface area contributed by atoms with E-state index < -0.39 is 21.4 Å². The van der Waals surface area contributed by atoms with Crippen LogP contribution >= 0.6 is 0 Å². The summed E-state index contributed by atoms with van der Waals surface area (Å²) in [5, 5.41) is 0. The molecule has 4 nitrogen and oxygen atoms in total. The number of rotatable bonds is 1. The lowest BCUT2D eigenvalue weighted by atomic mass is 10.1. The van der Waals surface area contributed by atoms with Gasteiger partial charge in [-0.2, -0.15) is 0 Å². The Hall–Kier alpha value is -1.30. The second-order valence-corrected chi connectivity index (χ2v) is 7.13. The number of hydrogen-bond donors (Lipinski definition) is 0. The van der Waals surface area contributed by atoms with Crippen LogP contribution in [0.2, 0.25) is 0 Å². The first kappa shape index (κ1) is 13.1. The first-order valence-electron chi connectivity index (χ1n) is 5.68. The van der Waals surface area contributed by atoms with Gasteiger partial charge in [0.25, 0.3) is 5.91 Å². The fourth-order valence-corrected chi connectivity index (χ4v) is 3.20. The molecule has 2 heterocycles. The van der Waals surface area contributed by atoms with Crippen LogP contribution in [0.25, 0.3) is 0 Å². The van der Waals surface area contributed by atoms with Gasteiger partial charge >= 0.3 is 0 Å². The molecule has 0 radical (unpaired) electrons. The Morgan fingerprint density at radius 2 is 2.22 bits per heavy atom. The molecule has 0 N–H and O–H groups in total. The number of carbonyl (C=O) groups is 1. The van der Waals surface area contributed by atoms with Gasteiger partial charge in [0.1, 0.15) is 5.82 Å². The zero-order valence-corrected chi connectivity index (χ0v) is 11.2. The summed E-state index contributed by atoms with van der Waals surface area (Å²) in [6.07, 6.45) is 2.41. The zero-order chi connectivity index (χ0) is 13.3. The van der Waals surface area contributed by atoms with Gasteiger partial charge in [0.05, 0.1) is 16.5 Å². The molecule has 0 unspecified atom stereocenters. The summed E-state index contributed by atoms with van der Waals surface area (Å²) in [6, 6.07) is 1.17. The minimum Gasteiger partial charge on any atom is -0.336 e. The first-order chi connectivity index (χ1) is 8.40. The van der Waals surface area contributed by atoms with E-state index in [1.165, 1.54) is 12.3 Å². The van der Waals surface area contributed by atoms with E-state index in [9.17, 15) is 13.4 Å². The van der Waals surface area contributed by atoms with Gasteiger partial charge < -0.3 is 4.90 Å². The monoisotopic (exact) mass is 270 g/mol. The van der Waals surface area contributed by atoms with Gasteiger partial charge in [-0.15, -0.1) is 0 Å². The number of pyridine rings is 1. The van der Waals surface area contributed by atoms with Crippen LogP contribution in [0, 0.1) is 5.82 Å². The predicted octanol–water partition coefficient (Wildman–Crippen LogP) is 1.20. The number of halogens is 1. The highest BCUT2D eigenvalue weighted by Crippen LogP contribution is 2.21. The molecule has 1 fully saturated rings. The van der Waals surface area contributed by atoms with Crippen molar-refractivity contribution in [3.8, 4) is 0 Å². The number of carbonyl (C=O) groups excluding carboxylic acids is 1. The molecule has 18 heavy (non-hydrogen) atoms. The fraction of sp³-hybridized carbons (Fsp3) is 0.500. The molecule has 1 aliphatic rings. The third kappa shape index (κ3) is 2.58. The Labute approximate surface area is 108 Å². The number of hydrogen-bond acceptors (Lipinski definition) is 3. The van der Waals surface area contributed by atoms with Crippen LogP contribution in [0.5, 0.6) is 0 Å². The van der Waals surface area contributed by atoms with E-state index in [1.807, 2.05) is 13.8 Å². The maximum atomic E-state index is 13.0. The molecule has 1 atom stereocenters. The highest BCUT2D eigenvalue weighted by Gasteiger charge is 2.35. The van der Waals surface area contributed by atoms with Crippen molar-refractivity contribution < 1.29 is 13.4 Å². The average molecular weight is 270 g/mol. The number of aromatic nitrogens is 1. The molecule has 0 aromatic carbocycles. The molecular formula is C12H15FN2O2S. The van der Waals surface area contributed by atoms with E-state index in [0.29, 0.717) is 18.8 Å². The van der Waals surface area contributed by atoms with Crippen molar-refractivity contribution in [1.82, 2.24) is 9.88 Å². The van der Waals surface area contributed by atoms with Crippen LogP contribution in [0.3, 0.4) is 0 Å². The molecule has 1 aromatic rings. The highest BCUT2D eigenvalue weighted by atomic mass is 32.2. The van der Waals surface area contributed by atoms with E-state index in [4.69, 9.17) is 0 Å². The van der Waals surface area contributed by atoms with Crippen LogP contribution in [-0.4, -0.2) is 43.6 Å². The third-order valence-electron chi connectivity index (χ3n) is 2.97. The fourth-order valence-electron chi connectivity index (χ4n) is 1.96. The Morgan fingerprint density at radius 1 is 1.50 bits per heavy atom. The number of nitrogens with zero attached hydrogens (tertiary/aromatic N) is 2. The quantitative estimate of drug-likeness (QED) is 0.770. The van der Waals surface area contributed by atoms with Crippen molar-refractivity contribution in [3.63, 3.8) is 0 Å². The molecule has 1 aliphatic heterocycles. The highest BCUT2D eigenvalue weighted by molar-refractivity contribution is 7.86. The molecule has 0 spiro atoms. The van der Waals surface area contributed by atoms with Gasteiger partial charge in [0.15, 0.2) is 0 Å². The lowest BCUT2D eigenvalue weighted by Gasteiger charge is -2.37. The van der Waals surface area contributed by atoms with Gasteiger partial charge in [-0.3, -0.25) is 14.0 Å². The summed E-state index contributed by atoms with van der Waals surface area (Å²) in [7, 11) is -0.932. The van der Waals surface area contributed by atoms with E-state index in [0.717, 1.165) is 6.20 Å². The molecule has 1 saturated heterocycles. The Kier molecular flexibility index (Phi) is 3.47. The first-order valence-corrected chi connectivity index (χ1v) is 7.00. The predicted molar refractivity (Wildman–Crippen MR) is 67.2 cm³/mol. The SMILES string of the molecule is CC1(C)CN(C(=O)c2cncc(F)c2)CC[S@@]1=O. The number of amides is 1. The summed E-state index contributed by atoms with van der Waals surface area (Å²) in [5.41, 5.74) is 0.235. The summed E-state index contributed by atoms with van der Waals surface area (Å²) >= 11 is 0. The molecule has 0 bridgehead atoms. The molecule has 2 rings (SSSR count). The Bertz CT molecular complexity index is 505. The average Bonchev–Trinajstić information content (AvgIpc) is 2.31. The van der Waals surface area contributed by atoms with Gasteiger partial charge in [-0.1, -0.05) is 0 Å². The van der Waals surface area contributed by atoms with E-state index in [1.54, 1.807) is 4.90 Å².